The first-order chi connectivity index (χ1) is 15.6. The van der Waals surface area contributed by atoms with Crippen molar-refractivity contribution in [3.05, 3.63) is 77.4 Å². The number of nitrogens with zero attached hydrogens (tertiary/aromatic N) is 5. The van der Waals surface area contributed by atoms with Crippen molar-refractivity contribution in [3.8, 4) is 11.3 Å². The zero-order chi connectivity index (χ0) is 22.1. The van der Waals surface area contributed by atoms with Crippen LogP contribution in [-0.4, -0.2) is 63.5 Å². The topological polar surface area (TPSA) is 65.8 Å². The van der Waals surface area contributed by atoms with Gasteiger partial charge in [0.05, 0.1) is 17.4 Å². The van der Waals surface area contributed by atoms with Crippen LogP contribution in [-0.2, 0) is 0 Å². The molecule has 2 aromatic carbocycles. The predicted octanol–water partition coefficient (Wildman–Crippen LogP) is 4.18. The summed E-state index contributed by atoms with van der Waals surface area (Å²) in [4.78, 5) is 21.3. The van der Waals surface area contributed by atoms with Gasteiger partial charge in [-0.3, -0.25) is 4.79 Å². The van der Waals surface area contributed by atoms with Crippen LogP contribution < -0.4 is 5.32 Å². The van der Waals surface area contributed by atoms with Gasteiger partial charge in [0.2, 0.25) is 5.95 Å². The summed E-state index contributed by atoms with van der Waals surface area (Å²) in [5.41, 5.74) is 4.30. The van der Waals surface area contributed by atoms with Crippen LogP contribution in [0.3, 0.4) is 0 Å². The molecule has 0 unspecified atom stereocenters. The second-order valence-electron chi connectivity index (χ2n) is 7.95. The first kappa shape index (κ1) is 20.5. The lowest BCUT2D eigenvalue weighted by molar-refractivity contribution is 0.0664. The molecule has 2 aromatic heterocycles. The third-order valence-electron chi connectivity index (χ3n) is 5.70. The van der Waals surface area contributed by atoms with E-state index in [1.54, 1.807) is 6.20 Å². The second kappa shape index (κ2) is 8.61. The van der Waals surface area contributed by atoms with E-state index in [2.05, 4.69) is 27.3 Å². The van der Waals surface area contributed by atoms with E-state index in [-0.39, 0.29) is 5.91 Å². The van der Waals surface area contributed by atoms with Crippen LogP contribution in [0.5, 0.6) is 0 Å². The number of fused-ring (bicyclic) bond motifs is 1. The maximum atomic E-state index is 12.7. The van der Waals surface area contributed by atoms with Gasteiger partial charge in [-0.25, -0.2) is 9.50 Å². The number of benzene rings is 2. The van der Waals surface area contributed by atoms with Crippen LogP contribution in [0.25, 0.3) is 16.8 Å². The molecule has 1 N–H and O–H groups in total. The molecule has 32 heavy (non-hydrogen) atoms. The number of carbonyl (C=O) groups is 1. The Morgan fingerprint density at radius 2 is 1.78 bits per heavy atom. The third-order valence-corrected chi connectivity index (χ3v) is 5.93. The Kier molecular flexibility index (Phi) is 5.51. The van der Waals surface area contributed by atoms with Crippen LogP contribution in [0.4, 0.5) is 11.6 Å². The normalized spacial score (nSPS) is 14.6. The fourth-order valence-corrected chi connectivity index (χ4v) is 4.03. The molecule has 162 valence electrons. The van der Waals surface area contributed by atoms with E-state index in [1.165, 1.54) is 0 Å². The van der Waals surface area contributed by atoms with Gasteiger partial charge >= 0.3 is 0 Å². The number of carbonyl (C=O) groups excluding carboxylic acids is 1. The van der Waals surface area contributed by atoms with Crippen LogP contribution in [0, 0.1) is 0 Å². The number of amides is 1. The number of rotatable bonds is 4. The Morgan fingerprint density at radius 3 is 2.53 bits per heavy atom. The molecule has 3 heterocycles. The molecule has 0 spiro atoms. The summed E-state index contributed by atoms with van der Waals surface area (Å²) in [6.07, 6.45) is 1.77. The van der Waals surface area contributed by atoms with Gasteiger partial charge in [0.1, 0.15) is 0 Å². The average molecular weight is 447 g/mol. The molecule has 0 saturated carbocycles. The van der Waals surface area contributed by atoms with Crippen LogP contribution in [0.2, 0.25) is 5.02 Å². The molecule has 0 bridgehead atoms. The summed E-state index contributed by atoms with van der Waals surface area (Å²) in [5, 5.41) is 8.55. The van der Waals surface area contributed by atoms with Crippen molar-refractivity contribution < 1.29 is 4.79 Å². The maximum Gasteiger partial charge on any atom is 0.253 e. The minimum absolute atomic E-state index is 0.0702. The summed E-state index contributed by atoms with van der Waals surface area (Å²) in [5.74, 6) is 0.538. The van der Waals surface area contributed by atoms with Crippen molar-refractivity contribution in [2.75, 3.05) is 38.5 Å². The van der Waals surface area contributed by atoms with E-state index < -0.39 is 0 Å². The molecule has 0 radical (unpaired) electrons. The maximum absolute atomic E-state index is 12.7. The number of anilines is 2. The van der Waals surface area contributed by atoms with Gasteiger partial charge in [-0.1, -0.05) is 23.7 Å². The Bertz CT molecular complexity index is 1260. The van der Waals surface area contributed by atoms with Crippen molar-refractivity contribution in [2.45, 2.75) is 0 Å². The molecule has 0 aliphatic carbocycles. The van der Waals surface area contributed by atoms with Crippen molar-refractivity contribution in [1.29, 1.82) is 0 Å². The number of hydrogen-bond acceptors (Lipinski definition) is 5. The van der Waals surface area contributed by atoms with Crippen LogP contribution in [0.1, 0.15) is 10.4 Å². The average Bonchev–Trinajstić information content (AvgIpc) is 3.23. The number of aromatic nitrogens is 3. The molecule has 5 rings (SSSR count). The number of likely N-dealkylation sites (N-methyl/N-ethyl adjacent to an activating group) is 1. The molecule has 7 nitrogen and oxygen atoms in total. The minimum atomic E-state index is 0.0702. The van der Waals surface area contributed by atoms with E-state index >= 15 is 0 Å². The summed E-state index contributed by atoms with van der Waals surface area (Å²) in [6, 6.07) is 19.1. The van der Waals surface area contributed by atoms with Crippen molar-refractivity contribution in [2.24, 2.45) is 0 Å². The smallest absolute Gasteiger partial charge is 0.253 e. The molecular weight excluding hydrogens is 424 g/mol. The van der Waals surface area contributed by atoms with Gasteiger partial charge in [-0.05, 0) is 55.6 Å². The largest absolute Gasteiger partial charge is 0.336 e. The highest BCUT2D eigenvalue weighted by molar-refractivity contribution is 6.30. The zero-order valence-corrected chi connectivity index (χ0v) is 18.5. The summed E-state index contributed by atoms with van der Waals surface area (Å²) in [7, 11) is 2.08. The van der Waals surface area contributed by atoms with Crippen molar-refractivity contribution in [3.63, 3.8) is 0 Å². The molecule has 1 fully saturated rings. The highest BCUT2D eigenvalue weighted by Crippen LogP contribution is 2.25. The number of hydrogen-bond donors (Lipinski definition) is 1. The molecule has 1 aliphatic rings. The molecule has 0 atom stereocenters. The van der Waals surface area contributed by atoms with Gasteiger partial charge in [-0.2, -0.15) is 0 Å². The number of nitrogens with one attached hydrogen (secondary N) is 1. The molecule has 1 amide bonds. The first-order valence-electron chi connectivity index (χ1n) is 10.5. The lowest BCUT2D eigenvalue weighted by atomic mass is 10.1. The minimum Gasteiger partial charge on any atom is -0.336 e. The van der Waals surface area contributed by atoms with E-state index in [0.29, 0.717) is 16.5 Å². The zero-order valence-electron chi connectivity index (χ0n) is 17.7. The van der Waals surface area contributed by atoms with E-state index in [1.807, 2.05) is 70.1 Å². The summed E-state index contributed by atoms with van der Waals surface area (Å²) >= 11 is 6.16. The quantitative estimate of drug-likeness (QED) is 0.509. The lowest BCUT2D eigenvalue weighted by Crippen LogP contribution is -2.47. The highest BCUT2D eigenvalue weighted by Gasteiger charge is 2.20. The lowest BCUT2D eigenvalue weighted by Gasteiger charge is -2.32. The van der Waals surface area contributed by atoms with Crippen molar-refractivity contribution in [1.82, 2.24) is 24.4 Å². The van der Waals surface area contributed by atoms with Gasteiger partial charge in [0, 0.05) is 48.0 Å². The summed E-state index contributed by atoms with van der Waals surface area (Å²) in [6.45, 7) is 3.33. The molecular formula is C24H23ClN6O. The Morgan fingerprint density at radius 1 is 1.00 bits per heavy atom. The van der Waals surface area contributed by atoms with Gasteiger partial charge in [0.25, 0.3) is 5.91 Å². The van der Waals surface area contributed by atoms with Gasteiger partial charge in [-0.15, -0.1) is 5.10 Å². The standard InChI is InChI=1S/C24H23ClN6O/c1-29-11-13-30(14-12-29)23(32)17-5-7-20(8-6-17)27-24-26-16-21-9-10-22(31(21)28-24)18-3-2-4-19(25)15-18/h2-10,15-16H,11-14H2,1H3,(H,27,28). The Labute approximate surface area is 191 Å². The Balaban J connectivity index is 1.34. The molecule has 8 heteroatoms. The second-order valence-corrected chi connectivity index (χ2v) is 8.38. The fourth-order valence-electron chi connectivity index (χ4n) is 3.84. The highest BCUT2D eigenvalue weighted by atomic mass is 35.5. The molecule has 1 saturated heterocycles. The van der Waals surface area contributed by atoms with E-state index in [9.17, 15) is 4.79 Å². The molecule has 4 aromatic rings. The number of halogens is 1. The van der Waals surface area contributed by atoms with E-state index in [4.69, 9.17) is 11.6 Å². The van der Waals surface area contributed by atoms with Crippen LogP contribution in [0.15, 0.2) is 66.9 Å². The number of piperazine rings is 1. The van der Waals surface area contributed by atoms with Gasteiger partial charge < -0.3 is 15.1 Å². The van der Waals surface area contributed by atoms with Crippen LogP contribution >= 0.6 is 11.6 Å². The third kappa shape index (κ3) is 4.17. The SMILES string of the molecule is CN1CCN(C(=O)c2ccc(Nc3ncc4ccc(-c5cccc(Cl)c5)n4n3)cc2)CC1. The first-order valence-corrected chi connectivity index (χ1v) is 10.9. The Hall–Kier alpha value is -3.42. The predicted molar refractivity (Wildman–Crippen MR) is 127 cm³/mol. The fraction of sp³-hybridized carbons (Fsp3) is 0.208. The van der Waals surface area contributed by atoms with Crippen molar-refractivity contribution >= 4 is 34.7 Å². The van der Waals surface area contributed by atoms with E-state index in [0.717, 1.165) is 48.6 Å². The monoisotopic (exact) mass is 446 g/mol. The van der Waals surface area contributed by atoms with Gasteiger partial charge in [0.15, 0.2) is 0 Å². The molecule has 1 aliphatic heterocycles. The summed E-state index contributed by atoms with van der Waals surface area (Å²) < 4.78 is 1.84.